The highest BCUT2D eigenvalue weighted by Crippen LogP contribution is 2.15. The summed E-state index contributed by atoms with van der Waals surface area (Å²) in [6.45, 7) is 4.19. The predicted molar refractivity (Wildman–Crippen MR) is 90.7 cm³/mol. The van der Waals surface area contributed by atoms with Crippen LogP contribution in [-0.4, -0.2) is 61.8 Å². The van der Waals surface area contributed by atoms with Crippen molar-refractivity contribution >= 4 is 17.2 Å². The molecule has 0 aliphatic carbocycles. The maximum Gasteiger partial charge on any atom is 0.277 e. The summed E-state index contributed by atoms with van der Waals surface area (Å²) in [7, 11) is 0. The third-order valence-electron chi connectivity index (χ3n) is 4.28. The smallest absolute Gasteiger partial charge is 0.277 e. The van der Waals surface area contributed by atoms with Crippen LogP contribution in [0, 0.1) is 6.92 Å². The van der Waals surface area contributed by atoms with Crippen LogP contribution < -0.4 is 10.5 Å². The highest BCUT2D eigenvalue weighted by Gasteiger charge is 2.27. The molecule has 1 aliphatic rings. The molecular weight excluding hydrogens is 322 g/mol. The molecule has 1 amide bonds. The second-order valence-corrected chi connectivity index (χ2v) is 5.96. The van der Waals surface area contributed by atoms with E-state index in [-0.39, 0.29) is 22.7 Å². The Morgan fingerprint density at radius 1 is 1.20 bits per heavy atom. The monoisotopic (exact) mass is 339 g/mol. The predicted octanol–water partition coefficient (Wildman–Crippen LogP) is 0.0834. The summed E-state index contributed by atoms with van der Waals surface area (Å²) in [5.74, 6) is 0.626. The molecule has 4 heterocycles. The minimum atomic E-state index is -0.361. The first kappa shape index (κ1) is 15.3. The second kappa shape index (κ2) is 6.00. The van der Waals surface area contributed by atoms with Crippen molar-refractivity contribution in [3.63, 3.8) is 0 Å². The van der Waals surface area contributed by atoms with Crippen molar-refractivity contribution < 1.29 is 4.79 Å². The van der Waals surface area contributed by atoms with E-state index in [2.05, 4.69) is 25.2 Å². The van der Waals surface area contributed by atoms with E-state index in [0.29, 0.717) is 31.9 Å². The Bertz CT molecular complexity index is 971. The SMILES string of the molecule is Cc1cn2nnc(C(=O)N3CCN(c4ccccn4)CC3)c2c(=O)[nH]1. The number of carbonyl (C=O) groups is 1. The van der Waals surface area contributed by atoms with Crippen molar-refractivity contribution in [3.05, 3.63) is 52.3 Å². The van der Waals surface area contributed by atoms with E-state index in [0.717, 1.165) is 5.82 Å². The molecule has 3 aromatic heterocycles. The number of H-pyrrole nitrogens is 1. The Balaban J connectivity index is 1.54. The topological polar surface area (TPSA) is 99.5 Å². The first-order chi connectivity index (χ1) is 12.1. The largest absolute Gasteiger partial charge is 0.353 e. The number of nitrogens with one attached hydrogen (secondary N) is 1. The Labute approximate surface area is 142 Å². The quantitative estimate of drug-likeness (QED) is 0.710. The summed E-state index contributed by atoms with van der Waals surface area (Å²) >= 11 is 0. The van der Waals surface area contributed by atoms with E-state index in [9.17, 15) is 9.59 Å². The first-order valence-corrected chi connectivity index (χ1v) is 8.03. The van der Waals surface area contributed by atoms with Crippen molar-refractivity contribution in [1.82, 2.24) is 29.7 Å². The number of anilines is 1. The Hall–Kier alpha value is -3.23. The number of carbonyl (C=O) groups excluding carboxylic acids is 1. The number of amides is 1. The van der Waals surface area contributed by atoms with E-state index in [1.165, 1.54) is 4.52 Å². The fourth-order valence-corrected chi connectivity index (χ4v) is 3.02. The maximum absolute atomic E-state index is 12.8. The van der Waals surface area contributed by atoms with Gasteiger partial charge in [0.05, 0.1) is 6.20 Å². The summed E-state index contributed by atoms with van der Waals surface area (Å²) in [4.78, 5) is 35.8. The molecule has 0 unspecified atom stereocenters. The van der Waals surface area contributed by atoms with E-state index < -0.39 is 0 Å². The maximum atomic E-state index is 12.8. The second-order valence-electron chi connectivity index (χ2n) is 5.96. The minimum Gasteiger partial charge on any atom is -0.353 e. The normalized spacial score (nSPS) is 14.9. The fraction of sp³-hybridized carbons (Fsp3) is 0.312. The average Bonchev–Trinajstić information content (AvgIpc) is 3.06. The third kappa shape index (κ3) is 2.73. The highest BCUT2D eigenvalue weighted by atomic mass is 16.2. The van der Waals surface area contributed by atoms with Gasteiger partial charge in [-0.3, -0.25) is 9.59 Å². The Morgan fingerprint density at radius 2 is 2.00 bits per heavy atom. The van der Waals surface area contributed by atoms with Crippen LogP contribution in [0.3, 0.4) is 0 Å². The van der Waals surface area contributed by atoms with Gasteiger partial charge >= 0.3 is 0 Å². The van der Waals surface area contributed by atoms with Gasteiger partial charge in [0.1, 0.15) is 5.82 Å². The van der Waals surface area contributed by atoms with Crippen LogP contribution in [0.15, 0.2) is 35.4 Å². The number of pyridine rings is 1. The minimum absolute atomic E-state index is 0.0903. The van der Waals surface area contributed by atoms with Gasteiger partial charge in [-0.05, 0) is 19.1 Å². The molecule has 0 aromatic carbocycles. The van der Waals surface area contributed by atoms with Crippen molar-refractivity contribution in [1.29, 1.82) is 0 Å². The van der Waals surface area contributed by atoms with Crippen LogP contribution in [0.2, 0.25) is 0 Å². The van der Waals surface area contributed by atoms with Gasteiger partial charge in [0.25, 0.3) is 11.5 Å². The van der Waals surface area contributed by atoms with Gasteiger partial charge in [0, 0.05) is 38.1 Å². The lowest BCUT2D eigenvalue weighted by Gasteiger charge is -2.35. The lowest BCUT2D eigenvalue weighted by molar-refractivity contribution is 0.0742. The number of aromatic nitrogens is 5. The van der Waals surface area contributed by atoms with Crippen molar-refractivity contribution in [2.45, 2.75) is 6.92 Å². The number of aromatic amines is 1. The Morgan fingerprint density at radius 3 is 2.72 bits per heavy atom. The average molecular weight is 339 g/mol. The molecule has 3 aromatic rings. The molecule has 0 saturated carbocycles. The van der Waals surface area contributed by atoms with Gasteiger partial charge in [-0.15, -0.1) is 5.10 Å². The number of hydrogen-bond acceptors (Lipinski definition) is 6. The third-order valence-corrected chi connectivity index (χ3v) is 4.28. The summed E-state index contributed by atoms with van der Waals surface area (Å²) < 4.78 is 1.35. The first-order valence-electron chi connectivity index (χ1n) is 8.03. The zero-order chi connectivity index (χ0) is 17.4. The summed E-state index contributed by atoms with van der Waals surface area (Å²) in [5, 5.41) is 7.82. The number of hydrogen-bond donors (Lipinski definition) is 1. The summed E-state index contributed by atoms with van der Waals surface area (Å²) in [6.07, 6.45) is 3.39. The highest BCUT2D eigenvalue weighted by molar-refractivity contribution is 5.98. The standard InChI is InChI=1S/C16H17N7O2/c1-11-10-23-14(15(24)18-11)13(19-20-23)16(25)22-8-6-21(7-9-22)12-4-2-3-5-17-12/h2-5,10H,6-9H2,1H3,(H,18,24). The van der Waals surface area contributed by atoms with E-state index in [4.69, 9.17) is 0 Å². The van der Waals surface area contributed by atoms with E-state index in [1.807, 2.05) is 18.2 Å². The molecule has 1 N–H and O–H groups in total. The van der Waals surface area contributed by atoms with Crippen LogP contribution in [0.4, 0.5) is 5.82 Å². The molecular formula is C16H17N7O2. The number of nitrogens with zero attached hydrogens (tertiary/aromatic N) is 6. The van der Waals surface area contributed by atoms with Crippen LogP contribution in [0.25, 0.3) is 5.52 Å². The van der Waals surface area contributed by atoms with Gasteiger partial charge in [-0.2, -0.15) is 0 Å². The van der Waals surface area contributed by atoms with Crippen molar-refractivity contribution in [2.75, 3.05) is 31.1 Å². The Kier molecular flexibility index (Phi) is 3.68. The molecule has 128 valence electrons. The number of rotatable bonds is 2. The van der Waals surface area contributed by atoms with Gasteiger partial charge in [-0.1, -0.05) is 11.3 Å². The molecule has 0 atom stereocenters. The zero-order valence-corrected chi connectivity index (χ0v) is 13.7. The fourth-order valence-electron chi connectivity index (χ4n) is 3.02. The number of fused-ring (bicyclic) bond motifs is 1. The summed E-state index contributed by atoms with van der Waals surface area (Å²) in [6, 6.07) is 5.77. The van der Waals surface area contributed by atoms with Crippen molar-refractivity contribution in [3.8, 4) is 0 Å². The van der Waals surface area contributed by atoms with Crippen LogP contribution in [0.5, 0.6) is 0 Å². The summed E-state index contributed by atoms with van der Waals surface area (Å²) in [5.41, 5.74) is 0.570. The van der Waals surface area contributed by atoms with Crippen LogP contribution in [0.1, 0.15) is 16.2 Å². The van der Waals surface area contributed by atoms with Gasteiger partial charge < -0.3 is 14.8 Å². The number of aryl methyl sites for hydroxylation is 1. The zero-order valence-electron chi connectivity index (χ0n) is 13.7. The van der Waals surface area contributed by atoms with Gasteiger partial charge in [0.2, 0.25) is 0 Å². The molecule has 0 spiro atoms. The molecule has 1 aliphatic heterocycles. The lowest BCUT2D eigenvalue weighted by atomic mass is 10.2. The van der Waals surface area contributed by atoms with Crippen LogP contribution in [-0.2, 0) is 0 Å². The molecule has 0 bridgehead atoms. The van der Waals surface area contributed by atoms with Gasteiger partial charge in [0.15, 0.2) is 11.2 Å². The molecule has 4 rings (SSSR count). The lowest BCUT2D eigenvalue weighted by Crippen LogP contribution is -2.49. The van der Waals surface area contributed by atoms with E-state index in [1.54, 1.807) is 24.2 Å². The van der Waals surface area contributed by atoms with Crippen molar-refractivity contribution in [2.24, 2.45) is 0 Å². The van der Waals surface area contributed by atoms with Gasteiger partial charge in [-0.25, -0.2) is 9.50 Å². The molecule has 0 radical (unpaired) electrons. The molecule has 1 fully saturated rings. The van der Waals surface area contributed by atoms with E-state index >= 15 is 0 Å². The molecule has 9 heteroatoms. The molecule has 9 nitrogen and oxygen atoms in total. The van der Waals surface area contributed by atoms with Crippen LogP contribution >= 0.6 is 0 Å². The molecule has 1 saturated heterocycles. The number of piperazine rings is 1. The molecule has 25 heavy (non-hydrogen) atoms.